The van der Waals surface area contributed by atoms with Crippen molar-refractivity contribution < 1.29 is 15.8 Å². The largest absolute Gasteiger partial charge is 0.454 e. The van der Waals surface area contributed by atoms with E-state index in [2.05, 4.69) is 6.07 Å². The lowest BCUT2D eigenvalue weighted by Gasteiger charge is -2.09. The van der Waals surface area contributed by atoms with E-state index in [1.54, 1.807) is 23.7 Å². The Bertz CT molecular complexity index is 2110. The third-order valence-electron chi connectivity index (χ3n) is 7.43. The summed E-state index contributed by atoms with van der Waals surface area (Å²) in [5.41, 5.74) is 8.38. The van der Waals surface area contributed by atoms with Crippen LogP contribution in [0.1, 0.15) is 48.8 Å². The molecule has 3 nitrogen and oxygen atoms in total. The first-order chi connectivity index (χ1) is 20.8. The molecule has 0 aliphatic carbocycles. The van der Waals surface area contributed by atoms with Crippen LogP contribution in [0.3, 0.4) is 0 Å². The van der Waals surface area contributed by atoms with E-state index in [0.717, 1.165) is 38.6 Å². The highest BCUT2D eigenvalue weighted by Crippen LogP contribution is 2.42. The maximum absolute atomic E-state index is 10.1. The first kappa shape index (κ1) is 19.4. The number of fused-ring (bicyclic) bond motifs is 3. The van der Waals surface area contributed by atoms with Gasteiger partial charge in [0.1, 0.15) is 19.6 Å². The van der Waals surface area contributed by atoms with Gasteiger partial charge in [0.05, 0.1) is 17.2 Å². The van der Waals surface area contributed by atoms with Gasteiger partial charge >= 0.3 is 0 Å². The van der Waals surface area contributed by atoms with Gasteiger partial charge in [0, 0.05) is 34.0 Å². The molecule has 0 fully saturated rings. The summed E-state index contributed by atoms with van der Waals surface area (Å²) in [5, 5.41) is 11.8. The van der Waals surface area contributed by atoms with E-state index >= 15 is 0 Å². The van der Waals surface area contributed by atoms with E-state index in [4.69, 9.17) is 11.3 Å². The average Bonchev–Trinajstić information content (AvgIpc) is 3.36. The van der Waals surface area contributed by atoms with E-state index in [-0.39, 0.29) is 11.7 Å². The number of nitrogens with zero attached hydrogens (tertiary/aromatic N) is 2. The monoisotopic (exact) mass is 512 g/mol. The molecule has 2 heterocycles. The van der Waals surface area contributed by atoms with Crippen LogP contribution in [0.4, 0.5) is 0 Å². The molecule has 0 unspecified atom stereocenters. The number of nitriles is 1. The maximum atomic E-state index is 10.1. The summed E-state index contributed by atoms with van der Waals surface area (Å²) >= 11 is 0. The van der Waals surface area contributed by atoms with Gasteiger partial charge < -0.3 is 4.42 Å². The van der Waals surface area contributed by atoms with Crippen molar-refractivity contribution in [1.82, 2.24) is 0 Å². The lowest BCUT2D eigenvalue weighted by atomic mass is 9.94. The van der Waals surface area contributed by atoms with E-state index in [0.29, 0.717) is 33.6 Å². The zero-order valence-electron chi connectivity index (χ0n) is 27.4. The highest BCUT2D eigenvalue weighted by atomic mass is 16.3. The summed E-state index contributed by atoms with van der Waals surface area (Å²) in [7, 11) is 1.74. The summed E-state index contributed by atoms with van der Waals surface area (Å²) < 4.78 is 48.9. The van der Waals surface area contributed by atoms with Crippen LogP contribution in [0.5, 0.6) is 0 Å². The highest BCUT2D eigenvalue weighted by molar-refractivity contribution is 6.14. The molecule has 4 aromatic carbocycles. The summed E-state index contributed by atoms with van der Waals surface area (Å²) in [6.45, 7) is 3.31. The Morgan fingerprint density at radius 2 is 1.46 bits per heavy atom. The fraction of sp³-hybridized carbons (Fsp3) is 0.167. The van der Waals surface area contributed by atoms with Crippen molar-refractivity contribution >= 4 is 21.9 Å². The van der Waals surface area contributed by atoms with Gasteiger partial charge in [-0.3, -0.25) is 0 Å². The van der Waals surface area contributed by atoms with Gasteiger partial charge in [-0.1, -0.05) is 74.5 Å². The van der Waals surface area contributed by atoms with Gasteiger partial charge in [-0.15, -0.1) is 0 Å². The predicted octanol–water partition coefficient (Wildman–Crippen LogP) is 9.02. The minimum Gasteiger partial charge on any atom is -0.454 e. The molecular weight excluding hydrogens is 476 g/mol. The molecule has 0 spiro atoms. The van der Waals surface area contributed by atoms with Crippen LogP contribution in [0.15, 0.2) is 95.5 Å². The number of hydrogen-bond acceptors (Lipinski definition) is 2. The van der Waals surface area contributed by atoms with Gasteiger partial charge in [-0.05, 0) is 65.2 Å². The molecule has 0 bridgehead atoms. The van der Waals surface area contributed by atoms with Crippen LogP contribution in [-0.4, -0.2) is 0 Å². The maximum Gasteiger partial charge on any atom is 0.216 e. The number of hydrogen-bond donors (Lipinski definition) is 0. The van der Waals surface area contributed by atoms with Gasteiger partial charge in [0.2, 0.25) is 5.69 Å². The average molecular weight is 513 g/mol. The SMILES string of the molecule is [2H]c1cc(C([2H])([2H])[2H])cc(-c2c(C)ccc3c2oc2c(-c4ccc(-c5ccc(C([2H])(C)C)cc5)cc4)c(C#N)ccc23)[n+]1C. The lowest BCUT2D eigenvalue weighted by molar-refractivity contribution is -0.660. The molecule has 39 heavy (non-hydrogen) atoms. The van der Waals surface area contributed by atoms with Crippen LogP contribution in [0.25, 0.3) is 55.4 Å². The molecular formula is C36H31N2O+. The smallest absolute Gasteiger partial charge is 0.216 e. The molecule has 0 radical (unpaired) electrons. The van der Waals surface area contributed by atoms with Crippen molar-refractivity contribution in [2.75, 3.05) is 0 Å². The zero-order chi connectivity index (χ0) is 31.6. The van der Waals surface area contributed by atoms with Crippen LogP contribution < -0.4 is 4.57 Å². The van der Waals surface area contributed by atoms with E-state index in [1.165, 1.54) is 6.07 Å². The Hall–Kier alpha value is -4.68. The van der Waals surface area contributed by atoms with E-state index in [1.807, 2.05) is 87.5 Å². The molecule has 0 aliphatic heterocycles. The third kappa shape index (κ3) is 4.19. The molecule has 0 amide bonds. The number of aromatic nitrogens is 1. The summed E-state index contributed by atoms with van der Waals surface area (Å²) in [6, 6.07) is 29.0. The second-order valence-corrected chi connectivity index (χ2v) is 10.2. The molecule has 6 rings (SSSR count). The number of pyridine rings is 1. The topological polar surface area (TPSA) is 40.8 Å². The quantitative estimate of drug-likeness (QED) is 0.221. The van der Waals surface area contributed by atoms with E-state index in [9.17, 15) is 5.26 Å². The van der Waals surface area contributed by atoms with Gasteiger partial charge in [-0.25, -0.2) is 4.57 Å². The van der Waals surface area contributed by atoms with Crippen molar-refractivity contribution in [2.45, 2.75) is 33.5 Å². The van der Waals surface area contributed by atoms with Gasteiger partial charge in [0.25, 0.3) is 0 Å². The van der Waals surface area contributed by atoms with Crippen molar-refractivity contribution in [3.8, 4) is 39.6 Å². The number of furan rings is 1. The second kappa shape index (κ2) is 9.57. The lowest BCUT2D eigenvalue weighted by Crippen LogP contribution is -2.30. The number of aryl methyl sites for hydroxylation is 2. The minimum absolute atomic E-state index is 0.0757. The first-order valence-electron chi connectivity index (χ1n) is 15.4. The second-order valence-electron chi connectivity index (χ2n) is 10.2. The Balaban J connectivity index is 1.54. The van der Waals surface area contributed by atoms with Crippen LogP contribution in [-0.2, 0) is 7.05 Å². The van der Waals surface area contributed by atoms with Crippen molar-refractivity contribution in [3.05, 3.63) is 113 Å². The van der Waals surface area contributed by atoms with Crippen LogP contribution in [0, 0.1) is 25.1 Å². The summed E-state index contributed by atoms with van der Waals surface area (Å²) in [5.74, 6) is -0.668. The van der Waals surface area contributed by atoms with Crippen molar-refractivity contribution in [1.29, 1.82) is 5.26 Å². The van der Waals surface area contributed by atoms with Crippen molar-refractivity contribution in [2.24, 2.45) is 7.05 Å². The highest BCUT2D eigenvalue weighted by Gasteiger charge is 2.23. The molecule has 0 aliphatic rings. The predicted molar refractivity (Wildman–Crippen MR) is 159 cm³/mol. The van der Waals surface area contributed by atoms with Crippen molar-refractivity contribution in [3.63, 3.8) is 0 Å². The Morgan fingerprint density at radius 3 is 2.10 bits per heavy atom. The molecule has 190 valence electrons. The molecule has 6 aromatic rings. The fourth-order valence-corrected chi connectivity index (χ4v) is 5.29. The van der Waals surface area contributed by atoms with Crippen LogP contribution in [0.2, 0.25) is 0 Å². The van der Waals surface area contributed by atoms with Crippen LogP contribution >= 0.6 is 0 Å². The number of rotatable bonds is 4. The zero-order valence-corrected chi connectivity index (χ0v) is 22.4. The molecule has 0 atom stereocenters. The Labute approximate surface area is 236 Å². The van der Waals surface area contributed by atoms with Gasteiger partial charge in [-0.2, -0.15) is 5.26 Å². The Morgan fingerprint density at radius 1 is 0.846 bits per heavy atom. The standard InChI is InChI=1S/C36H31N2O/c1-22(2)25-7-9-26(10-8-25)27-11-13-28(14-12-27)34-29(21-37)15-17-31-30-16-6-24(4)33(35(30)39-36(31)34)32-20-23(3)18-19-38(32)5/h6-20,22H,1-5H3/q+1/i3D3,19D,22D. The fourth-order valence-electron chi connectivity index (χ4n) is 5.29. The molecule has 0 saturated heterocycles. The summed E-state index contributed by atoms with van der Waals surface area (Å²) in [6.07, 6.45) is 0.0757. The molecule has 0 N–H and O–H groups in total. The third-order valence-corrected chi connectivity index (χ3v) is 7.43. The molecule has 2 aromatic heterocycles. The normalized spacial score (nSPS) is 13.9. The number of benzene rings is 4. The summed E-state index contributed by atoms with van der Waals surface area (Å²) in [4.78, 5) is 0. The molecule has 0 saturated carbocycles. The van der Waals surface area contributed by atoms with Gasteiger partial charge in [0.15, 0.2) is 6.17 Å². The molecule has 3 heteroatoms. The Kier molecular flexibility index (Phi) is 4.76. The minimum atomic E-state index is -2.37. The first-order valence-corrected chi connectivity index (χ1v) is 12.9. The van der Waals surface area contributed by atoms with E-state index < -0.39 is 12.7 Å².